The third-order valence-electron chi connectivity index (χ3n) is 5.89. The summed E-state index contributed by atoms with van der Waals surface area (Å²) in [6.45, 7) is 2.19. The molecule has 3 heterocycles. The molecule has 7 heteroatoms. The minimum atomic E-state index is -0.266. The van der Waals surface area contributed by atoms with Gasteiger partial charge in [0.2, 0.25) is 5.91 Å². The van der Waals surface area contributed by atoms with E-state index < -0.39 is 0 Å². The van der Waals surface area contributed by atoms with E-state index in [9.17, 15) is 9.18 Å². The summed E-state index contributed by atoms with van der Waals surface area (Å²) in [5.74, 6) is 0.548. The Morgan fingerprint density at radius 3 is 2.75 bits per heavy atom. The van der Waals surface area contributed by atoms with Crippen LogP contribution in [0.1, 0.15) is 18.7 Å². The number of imidazole rings is 1. The molecule has 0 aliphatic carbocycles. The van der Waals surface area contributed by atoms with E-state index in [2.05, 4.69) is 19.8 Å². The second-order valence-corrected chi connectivity index (χ2v) is 8.13. The predicted octanol–water partition coefficient (Wildman–Crippen LogP) is 4.41. The number of amides is 1. The number of para-hydroxylation sites is 2. The van der Waals surface area contributed by atoms with Crippen LogP contribution in [-0.4, -0.2) is 38.4 Å². The molecule has 0 bridgehead atoms. The molecule has 162 valence electrons. The van der Waals surface area contributed by atoms with Gasteiger partial charge in [-0.1, -0.05) is 12.1 Å². The fraction of sp³-hybridized carbons (Fsp3) is 0.240. The second-order valence-electron chi connectivity index (χ2n) is 8.13. The number of benzene rings is 2. The number of carbonyl (C=O) groups excluding carboxylic acids is 1. The molecule has 1 N–H and O–H groups in total. The molecule has 4 aromatic rings. The van der Waals surface area contributed by atoms with Gasteiger partial charge in [-0.05, 0) is 67.9 Å². The molecule has 1 saturated heterocycles. The van der Waals surface area contributed by atoms with Crippen LogP contribution >= 0.6 is 0 Å². The van der Waals surface area contributed by atoms with Gasteiger partial charge < -0.3 is 5.32 Å². The molecular weight excluding hydrogens is 405 g/mol. The molecule has 6 nitrogen and oxygen atoms in total. The first kappa shape index (κ1) is 20.3. The largest absolute Gasteiger partial charge is 0.324 e. The van der Waals surface area contributed by atoms with Gasteiger partial charge in [0, 0.05) is 18.4 Å². The third-order valence-corrected chi connectivity index (χ3v) is 5.89. The average molecular weight is 429 g/mol. The van der Waals surface area contributed by atoms with Gasteiger partial charge in [0.1, 0.15) is 11.6 Å². The van der Waals surface area contributed by atoms with Crippen molar-refractivity contribution in [2.75, 3.05) is 18.4 Å². The van der Waals surface area contributed by atoms with E-state index in [-0.39, 0.29) is 17.6 Å². The number of halogens is 1. The highest BCUT2D eigenvalue weighted by Gasteiger charge is 2.27. The lowest BCUT2D eigenvalue weighted by Crippen LogP contribution is -2.40. The molecule has 32 heavy (non-hydrogen) atoms. The first-order chi connectivity index (χ1) is 15.7. The van der Waals surface area contributed by atoms with Crippen molar-refractivity contribution in [3.05, 3.63) is 84.7 Å². The molecule has 2 aromatic carbocycles. The van der Waals surface area contributed by atoms with E-state index >= 15 is 0 Å². The average Bonchev–Trinajstić information content (AvgIpc) is 3.18. The minimum absolute atomic E-state index is 0.0229. The lowest BCUT2D eigenvalue weighted by Gasteiger charge is -2.31. The molecule has 0 saturated carbocycles. The summed E-state index contributed by atoms with van der Waals surface area (Å²) in [4.78, 5) is 24.0. The van der Waals surface area contributed by atoms with Crippen molar-refractivity contribution in [1.29, 1.82) is 0 Å². The number of hydrogen-bond donors (Lipinski definition) is 1. The molecule has 5 rings (SSSR count). The number of piperidine rings is 1. The Morgan fingerprint density at radius 1 is 1.09 bits per heavy atom. The Morgan fingerprint density at radius 2 is 1.94 bits per heavy atom. The summed E-state index contributed by atoms with van der Waals surface area (Å²) in [6, 6.07) is 18.1. The molecule has 1 aliphatic rings. The highest BCUT2D eigenvalue weighted by atomic mass is 19.1. The van der Waals surface area contributed by atoms with Crippen LogP contribution in [0.15, 0.2) is 73.1 Å². The number of anilines is 1. The van der Waals surface area contributed by atoms with Crippen LogP contribution in [-0.2, 0) is 11.3 Å². The van der Waals surface area contributed by atoms with E-state index in [1.165, 1.54) is 12.1 Å². The highest BCUT2D eigenvalue weighted by molar-refractivity contribution is 5.92. The number of nitrogens with zero attached hydrogens (tertiary/aromatic N) is 4. The number of pyridine rings is 1. The topological polar surface area (TPSA) is 63.1 Å². The van der Waals surface area contributed by atoms with E-state index in [4.69, 9.17) is 4.98 Å². The molecule has 0 radical (unpaired) electrons. The Balaban J connectivity index is 1.37. The normalized spacial score (nSPS) is 16.8. The lowest BCUT2D eigenvalue weighted by molar-refractivity contribution is -0.121. The zero-order valence-electron chi connectivity index (χ0n) is 17.6. The van der Waals surface area contributed by atoms with Gasteiger partial charge in [-0.3, -0.25) is 19.2 Å². The number of fused-ring (bicyclic) bond motifs is 1. The monoisotopic (exact) mass is 429 g/mol. The summed E-state index contributed by atoms with van der Waals surface area (Å²) >= 11 is 0. The number of aromatic nitrogens is 3. The number of rotatable bonds is 5. The van der Waals surface area contributed by atoms with Crippen molar-refractivity contribution in [3.8, 4) is 5.69 Å². The van der Waals surface area contributed by atoms with Crippen molar-refractivity contribution in [3.63, 3.8) is 0 Å². The van der Waals surface area contributed by atoms with Crippen molar-refractivity contribution < 1.29 is 9.18 Å². The summed E-state index contributed by atoms with van der Waals surface area (Å²) in [6.07, 6.45) is 5.15. The molecule has 0 unspecified atom stereocenters. The summed E-state index contributed by atoms with van der Waals surface area (Å²) < 4.78 is 15.6. The van der Waals surface area contributed by atoms with Gasteiger partial charge in [0.05, 0.1) is 35.4 Å². The zero-order valence-corrected chi connectivity index (χ0v) is 17.6. The quantitative estimate of drug-likeness (QED) is 0.510. The molecule has 1 amide bonds. The van der Waals surface area contributed by atoms with Crippen LogP contribution in [0, 0.1) is 11.7 Å². The smallest absolute Gasteiger partial charge is 0.228 e. The Bertz CT molecular complexity index is 1220. The minimum Gasteiger partial charge on any atom is -0.324 e. The van der Waals surface area contributed by atoms with Crippen LogP contribution in [0.2, 0.25) is 0 Å². The van der Waals surface area contributed by atoms with Crippen LogP contribution < -0.4 is 5.32 Å². The summed E-state index contributed by atoms with van der Waals surface area (Å²) in [7, 11) is 0. The Hall–Kier alpha value is -3.58. The standard InChI is InChI=1S/C25H24FN5O/c26-19-9-11-21(12-10-19)31-23-8-2-1-7-22(23)29-24(31)17-30-14-4-5-18(16-30)25(32)28-20-6-3-13-27-15-20/h1-3,6-13,15,18H,4-5,14,16-17H2,(H,28,32)/t18-/m1/s1. The van der Waals surface area contributed by atoms with E-state index in [1.807, 2.05) is 36.4 Å². The van der Waals surface area contributed by atoms with Crippen molar-refractivity contribution in [2.45, 2.75) is 19.4 Å². The first-order valence-corrected chi connectivity index (χ1v) is 10.8. The Kier molecular flexibility index (Phi) is 5.64. The lowest BCUT2D eigenvalue weighted by atomic mass is 9.97. The van der Waals surface area contributed by atoms with Crippen LogP contribution in [0.5, 0.6) is 0 Å². The summed E-state index contributed by atoms with van der Waals surface area (Å²) in [5, 5.41) is 2.98. The summed E-state index contributed by atoms with van der Waals surface area (Å²) in [5.41, 5.74) is 3.47. The van der Waals surface area contributed by atoms with Gasteiger partial charge in [-0.25, -0.2) is 9.37 Å². The molecule has 2 aromatic heterocycles. The van der Waals surface area contributed by atoms with Gasteiger partial charge in [0.15, 0.2) is 0 Å². The van der Waals surface area contributed by atoms with Gasteiger partial charge in [-0.2, -0.15) is 0 Å². The number of hydrogen-bond acceptors (Lipinski definition) is 4. The number of carbonyl (C=O) groups is 1. The third kappa shape index (κ3) is 4.24. The molecule has 1 aliphatic heterocycles. The van der Waals surface area contributed by atoms with Gasteiger partial charge >= 0.3 is 0 Å². The van der Waals surface area contributed by atoms with Crippen molar-refractivity contribution in [1.82, 2.24) is 19.4 Å². The predicted molar refractivity (Wildman–Crippen MR) is 122 cm³/mol. The maximum absolute atomic E-state index is 13.5. The molecule has 0 spiro atoms. The maximum atomic E-state index is 13.5. The fourth-order valence-electron chi connectivity index (χ4n) is 4.35. The molecule has 1 atom stereocenters. The molecular formula is C25H24FN5O. The first-order valence-electron chi connectivity index (χ1n) is 10.8. The van der Waals surface area contributed by atoms with Gasteiger partial charge in [0.25, 0.3) is 0 Å². The fourth-order valence-corrected chi connectivity index (χ4v) is 4.35. The highest BCUT2D eigenvalue weighted by Crippen LogP contribution is 2.25. The van der Waals surface area contributed by atoms with Crippen LogP contribution in [0.3, 0.4) is 0 Å². The Labute approximate surface area is 185 Å². The number of likely N-dealkylation sites (tertiary alicyclic amines) is 1. The second kappa shape index (κ2) is 8.88. The number of nitrogens with one attached hydrogen (secondary N) is 1. The maximum Gasteiger partial charge on any atom is 0.228 e. The van der Waals surface area contributed by atoms with E-state index in [1.54, 1.807) is 24.5 Å². The van der Waals surface area contributed by atoms with Gasteiger partial charge in [-0.15, -0.1) is 0 Å². The van der Waals surface area contributed by atoms with E-state index in [0.717, 1.165) is 41.9 Å². The zero-order chi connectivity index (χ0) is 21.9. The van der Waals surface area contributed by atoms with Crippen LogP contribution in [0.25, 0.3) is 16.7 Å². The van der Waals surface area contributed by atoms with Crippen molar-refractivity contribution in [2.24, 2.45) is 5.92 Å². The SMILES string of the molecule is O=C(Nc1cccnc1)[C@@H]1CCCN(Cc2nc3ccccc3n2-c2ccc(F)cc2)C1. The molecule has 1 fully saturated rings. The van der Waals surface area contributed by atoms with Crippen molar-refractivity contribution >= 4 is 22.6 Å². The van der Waals surface area contributed by atoms with E-state index in [0.29, 0.717) is 18.8 Å². The van der Waals surface area contributed by atoms with Crippen LogP contribution in [0.4, 0.5) is 10.1 Å².